The van der Waals surface area contributed by atoms with Gasteiger partial charge in [-0.15, -0.1) is 0 Å². The number of carbonyl (C=O) groups is 1. The number of halogens is 1. The maximum absolute atomic E-state index is 13.0. The SMILES string of the molecule is CC1(C)OC2C/C=C\CCNC(=O)C2(c2ccncc2Br)O1. The summed E-state index contributed by atoms with van der Waals surface area (Å²) in [5.74, 6) is -1.00. The Balaban J connectivity index is 2.16. The number of amides is 1. The first-order chi connectivity index (χ1) is 10.5. The van der Waals surface area contributed by atoms with E-state index in [0.29, 0.717) is 13.0 Å². The molecule has 1 saturated heterocycles. The molecule has 0 aliphatic carbocycles. The van der Waals surface area contributed by atoms with Crippen molar-refractivity contribution in [2.24, 2.45) is 0 Å². The largest absolute Gasteiger partial charge is 0.353 e. The molecule has 1 fully saturated rings. The number of hydrogen-bond acceptors (Lipinski definition) is 4. The first kappa shape index (κ1) is 15.6. The Morgan fingerprint density at radius 3 is 3.00 bits per heavy atom. The lowest BCUT2D eigenvalue weighted by Crippen LogP contribution is -2.51. The molecule has 22 heavy (non-hydrogen) atoms. The van der Waals surface area contributed by atoms with Crippen LogP contribution in [0.5, 0.6) is 0 Å². The van der Waals surface area contributed by atoms with Crippen LogP contribution in [0.2, 0.25) is 0 Å². The van der Waals surface area contributed by atoms with Crippen LogP contribution in [0.3, 0.4) is 0 Å². The van der Waals surface area contributed by atoms with Crippen LogP contribution >= 0.6 is 15.9 Å². The summed E-state index contributed by atoms with van der Waals surface area (Å²) in [6.07, 6.45) is 8.48. The fourth-order valence-electron chi connectivity index (χ4n) is 3.07. The van der Waals surface area contributed by atoms with Gasteiger partial charge < -0.3 is 14.8 Å². The van der Waals surface area contributed by atoms with E-state index in [0.717, 1.165) is 16.5 Å². The molecule has 0 spiro atoms. The van der Waals surface area contributed by atoms with Crippen molar-refractivity contribution in [1.29, 1.82) is 0 Å². The highest BCUT2D eigenvalue weighted by molar-refractivity contribution is 9.10. The van der Waals surface area contributed by atoms with Crippen LogP contribution in [0.1, 0.15) is 32.3 Å². The fourth-order valence-corrected chi connectivity index (χ4v) is 3.62. The van der Waals surface area contributed by atoms with Gasteiger partial charge in [-0.25, -0.2) is 0 Å². The molecular weight excluding hydrogens is 348 g/mol. The van der Waals surface area contributed by atoms with Gasteiger partial charge in [0.05, 0.1) is 0 Å². The number of aromatic nitrogens is 1. The smallest absolute Gasteiger partial charge is 0.259 e. The Morgan fingerprint density at radius 1 is 1.41 bits per heavy atom. The Hall–Kier alpha value is -1.24. The van der Waals surface area contributed by atoms with E-state index in [1.54, 1.807) is 12.4 Å². The molecule has 2 aliphatic heterocycles. The third kappa shape index (κ3) is 2.59. The highest BCUT2D eigenvalue weighted by Crippen LogP contribution is 2.47. The number of nitrogens with zero attached hydrogens (tertiary/aromatic N) is 1. The molecule has 2 aliphatic rings. The summed E-state index contributed by atoms with van der Waals surface area (Å²) in [5, 5.41) is 2.96. The molecule has 1 aromatic rings. The highest BCUT2D eigenvalue weighted by Gasteiger charge is 2.59. The molecule has 3 rings (SSSR count). The third-order valence-corrected chi connectivity index (χ3v) is 4.54. The van der Waals surface area contributed by atoms with Gasteiger partial charge in [0.15, 0.2) is 5.79 Å². The van der Waals surface area contributed by atoms with Gasteiger partial charge in [0.25, 0.3) is 5.91 Å². The summed E-state index contributed by atoms with van der Waals surface area (Å²) in [6, 6.07) is 1.81. The molecule has 5 nitrogen and oxygen atoms in total. The van der Waals surface area contributed by atoms with E-state index in [2.05, 4.69) is 38.4 Å². The maximum Gasteiger partial charge on any atom is 0.259 e. The third-order valence-electron chi connectivity index (χ3n) is 3.91. The predicted molar refractivity (Wildman–Crippen MR) is 85.0 cm³/mol. The number of rotatable bonds is 1. The number of hydrogen-bond donors (Lipinski definition) is 1. The normalized spacial score (nSPS) is 32.3. The number of pyridine rings is 1. The van der Waals surface area contributed by atoms with E-state index in [9.17, 15) is 4.79 Å². The van der Waals surface area contributed by atoms with E-state index in [1.807, 2.05) is 19.9 Å². The number of fused-ring (bicyclic) bond motifs is 1. The topological polar surface area (TPSA) is 60.5 Å². The van der Waals surface area contributed by atoms with Gasteiger partial charge in [-0.2, -0.15) is 0 Å². The summed E-state index contributed by atoms with van der Waals surface area (Å²) in [4.78, 5) is 17.1. The quantitative estimate of drug-likeness (QED) is 0.776. The Kier molecular flexibility index (Phi) is 4.09. The number of nitrogens with one attached hydrogen (secondary N) is 1. The van der Waals surface area contributed by atoms with Crippen molar-refractivity contribution < 1.29 is 14.3 Å². The Morgan fingerprint density at radius 2 is 2.23 bits per heavy atom. The summed E-state index contributed by atoms with van der Waals surface area (Å²) in [5.41, 5.74) is -0.439. The lowest BCUT2D eigenvalue weighted by atomic mass is 9.86. The molecule has 1 amide bonds. The fraction of sp³-hybridized carbons (Fsp3) is 0.500. The molecule has 118 valence electrons. The van der Waals surface area contributed by atoms with Crippen LogP contribution in [0, 0.1) is 0 Å². The van der Waals surface area contributed by atoms with Gasteiger partial charge >= 0.3 is 0 Å². The summed E-state index contributed by atoms with van der Waals surface area (Å²) in [6.45, 7) is 4.25. The molecule has 0 aromatic carbocycles. The molecule has 2 atom stereocenters. The number of carbonyl (C=O) groups excluding carboxylic acids is 1. The molecule has 2 unspecified atom stereocenters. The summed E-state index contributed by atoms with van der Waals surface area (Å²) in [7, 11) is 0. The second-order valence-electron chi connectivity index (χ2n) is 5.95. The van der Waals surface area contributed by atoms with Gasteiger partial charge in [-0.1, -0.05) is 12.2 Å². The van der Waals surface area contributed by atoms with Crippen LogP contribution in [0.4, 0.5) is 0 Å². The molecule has 0 saturated carbocycles. The van der Waals surface area contributed by atoms with Gasteiger partial charge in [-0.3, -0.25) is 9.78 Å². The Labute approximate surface area is 138 Å². The predicted octanol–water partition coefficient (Wildman–Crippen LogP) is 2.66. The molecule has 1 N–H and O–H groups in total. The van der Waals surface area contributed by atoms with Crippen molar-refractivity contribution in [2.75, 3.05) is 6.54 Å². The van der Waals surface area contributed by atoms with Crippen molar-refractivity contribution in [3.05, 3.63) is 40.6 Å². The van der Waals surface area contributed by atoms with E-state index < -0.39 is 17.5 Å². The molecular formula is C16H19BrN2O3. The van der Waals surface area contributed by atoms with Crippen LogP contribution in [-0.4, -0.2) is 29.3 Å². The van der Waals surface area contributed by atoms with Crippen LogP contribution < -0.4 is 5.32 Å². The van der Waals surface area contributed by atoms with E-state index in [-0.39, 0.29) is 5.91 Å². The zero-order valence-electron chi connectivity index (χ0n) is 12.6. The second-order valence-corrected chi connectivity index (χ2v) is 6.81. The standard InChI is InChI=1S/C16H19BrN2O3/c1-15(2)21-13-6-4-3-5-8-19-14(20)16(13,22-15)11-7-9-18-10-12(11)17/h3-4,7,9-10,13H,5-6,8H2,1-2H3,(H,19,20)/b4-3-. The molecule has 6 heteroatoms. The first-order valence-electron chi connectivity index (χ1n) is 7.37. The van der Waals surface area contributed by atoms with E-state index in [4.69, 9.17) is 9.47 Å². The minimum atomic E-state index is -1.18. The minimum absolute atomic E-state index is 0.168. The lowest BCUT2D eigenvalue weighted by molar-refractivity contribution is -0.176. The molecule has 1 aromatic heterocycles. The first-order valence-corrected chi connectivity index (χ1v) is 8.16. The average molecular weight is 367 g/mol. The van der Waals surface area contributed by atoms with E-state index in [1.165, 1.54) is 0 Å². The van der Waals surface area contributed by atoms with Gasteiger partial charge in [0.2, 0.25) is 5.60 Å². The van der Waals surface area contributed by atoms with Crippen molar-refractivity contribution in [1.82, 2.24) is 10.3 Å². The van der Waals surface area contributed by atoms with Crippen molar-refractivity contribution in [3.8, 4) is 0 Å². The van der Waals surface area contributed by atoms with Crippen molar-refractivity contribution in [2.45, 2.75) is 44.2 Å². The van der Waals surface area contributed by atoms with Crippen LogP contribution in [0.15, 0.2) is 35.1 Å². The zero-order chi connectivity index (χ0) is 15.8. The average Bonchev–Trinajstić information content (AvgIpc) is 2.76. The van der Waals surface area contributed by atoms with E-state index >= 15 is 0 Å². The Bertz CT molecular complexity index is 617. The van der Waals surface area contributed by atoms with Gasteiger partial charge in [-0.05, 0) is 48.7 Å². The minimum Gasteiger partial charge on any atom is -0.353 e. The maximum atomic E-state index is 13.0. The summed E-state index contributed by atoms with van der Waals surface area (Å²) >= 11 is 3.50. The van der Waals surface area contributed by atoms with Crippen LogP contribution in [0.25, 0.3) is 0 Å². The molecule has 3 heterocycles. The summed E-state index contributed by atoms with van der Waals surface area (Å²) < 4.78 is 13.0. The second kappa shape index (κ2) is 5.76. The highest BCUT2D eigenvalue weighted by atomic mass is 79.9. The zero-order valence-corrected chi connectivity index (χ0v) is 14.2. The lowest BCUT2D eigenvalue weighted by Gasteiger charge is -2.32. The van der Waals surface area contributed by atoms with Gasteiger partial charge in [0.1, 0.15) is 6.10 Å². The van der Waals surface area contributed by atoms with Crippen LogP contribution in [-0.2, 0) is 19.9 Å². The molecule has 0 bridgehead atoms. The van der Waals surface area contributed by atoms with Crippen molar-refractivity contribution in [3.63, 3.8) is 0 Å². The number of ether oxygens (including phenoxy) is 2. The van der Waals surface area contributed by atoms with Crippen molar-refractivity contribution >= 4 is 21.8 Å². The van der Waals surface area contributed by atoms with Gasteiger partial charge in [0, 0.05) is 29.0 Å². The monoisotopic (exact) mass is 366 g/mol. The molecule has 0 radical (unpaired) electrons.